The molecule has 0 aliphatic rings. The molecule has 0 saturated carbocycles. The minimum atomic E-state index is -0.250. The monoisotopic (exact) mass is 282 g/mol. The number of hydrogen-bond donors (Lipinski definition) is 1. The van der Waals surface area contributed by atoms with Crippen molar-refractivity contribution in [1.29, 1.82) is 5.26 Å². The smallest absolute Gasteiger partial charge is 0.101 e. The van der Waals surface area contributed by atoms with Gasteiger partial charge in [-0.3, -0.25) is 0 Å². The number of nitrogens with zero attached hydrogens (tertiary/aromatic N) is 1. The molecule has 0 heterocycles. The molecule has 1 N–H and O–H groups in total. The molecule has 0 bridgehead atoms. The van der Waals surface area contributed by atoms with Crippen LogP contribution in [0.25, 0.3) is 0 Å². The third-order valence-electron chi connectivity index (χ3n) is 2.36. The van der Waals surface area contributed by atoms with Crippen LogP contribution in [0.15, 0.2) is 22.7 Å². The van der Waals surface area contributed by atoms with Crippen molar-refractivity contribution in [2.24, 2.45) is 0 Å². The summed E-state index contributed by atoms with van der Waals surface area (Å²) in [5.41, 5.74) is 1.21. The zero-order chi connectivity index (χ0) is 12.2. The number of benzene rings is 1. The van der Waals surface area contributed by atoms with Crippen molar-refractivity contribution in [3.8, 4) is 6.07 Å². The molecule has 1 aromatic rings. The molecule has 0 fully saturated rings. The second kappa shape index (κ2) is 5.33. The Bertz CT molecular complexity index is 410. The van der Waals surface area contributed by atoms with E-state index in [1.165, 1.54) is 0 Å². The molecular weight excluding hydrogens is 268 g/mol. The summed E-state index contributed by atoms with van der Waals surface area (Å²) in [4.78, 5) is 0. The van der Waals surface area contributed by atoms with Crippen LogP contribution in [0.1, 0.15) is 19.4 Å². The van der Waals surface area contributed by atoms with Gasteiger partial charge in [-0.1, -0.05) is 15.9 Å². The Morgan fingerprint density at radius 3 is 2.75 bits per heavy atom. The van der Waals surface area contributed by atoms with Crippen molar-refractivity contribution in [2.45, 2.75) is 19.4 Å². The van der Waals surface area contributed by atoms with Crippen molar-refractivity contribution in [3.05, 3.63) is 28.2 Å². The standard InChI is InChI=1S/C12H15BrN2O/c1-12(2,16-3)8-15-11-5-4-10(13)6-9(11)7-14/h4-6,15H,8H2,1-3H3. The molecule has 86 valence electrons. The van der Waals surface area contributed by atoms with Crippen molar-refractivity contribution >= 4 is 21.6 Å². The number of nitrogens with one attached hydrogen (secondary N) is 1. The number of rotatable bonds is 4. The number of nitriles is 1. The number of methoxy groups -OCH3 is 1. The molecule has 1 aromatic carbocycles. The van der Waals surface area contributed by atoms with E-state index in [1.54, 1.807) is 13.2 Å². The Morgan fingerprint density at radius 2 is 2.19 bits per heavy atom. The van der Waals surface area contributed by atoms with Crippen LogP contribution >= 0.6 is 15.9 Å². The molecule has 0 radical (unpaired) electrons. The lowest BCUT2D eigenvalue weighted by Gasteiger charge is -2.24. The molecular formula is C12H15BrN2O. The first-order chi connectivity index (χ1) is 7.48. The third kappa shape index (κ3) is 3.51. The van der Waals surface area contributed by atoms with Gasteiger partial charge in [-0.15, -0.1) is 0 Å². The summed E-state index contributed by atoms with van der Waals surface area (Å²) < 4.78 is 6.21. The predicted octanol–water partition coefficient (Wildman–Crippen LogP) is 3.16. The Morgan fingerprint density at radius 1 is 1.50 bits per heavy atom. The summed E-state index contributed by atoms with van der Waals surface area (Å²) in [6.07, 6.45) is 0. The van der Waals surface area contributed by atoms with Gasteiger partial charge in [0.2, 0.25) is 0 Å². The van der Waals surface area contributed by atoms with Crippen molar-refractivity contribution < 1.29 is 4.74 Å². The maximum absolute atomic E-state index is 8.99. The lowest BCUT2D eigenvalue weighted by Crippen LogP contribution is -2.32. The van der Waals surface area contributed by atoms with E-state index in [-0.39, 0.29) is 5.60 Å². The molecule has 0 amide bonds. The van der Waals surface area contributed by atoms with Crippen LogP contribution in [0.4, 0.5) is 5.69 Å². The zero-order valence-corrected chi connectivity index (χ0v) is 11.3. The molecule has 0 unspecified atom stereocenters. The summed E-state index contributed by atoms with van der Waals surface area (Å²) in [5.74, 6) is 0. The summed E-state index contributed by atoms with van der Waals surface area (Å²) in [6, 6.07) is 7.74. The normalized spacial score (nSPS) is 10.9. The number of ether oxygens (including phenoxy) is 1. The number of hydrogen-bond acceptors (Lipinski definition) is 3. The van der Waals surface area contributed by atoms with Crippen LogP contribution in [-0.4, -0.2) is 19.3 Å². The maximum Gasteiger partial charge on any atom is 0.101 e. The minimum absolute atomic E-state index is 0.250. The lowest BCUT2D eigenvalue weighted by molar-refractivity contribution is 0.0344. The van der Waals surface area contributed by atoms with E-state index < -0.39 is 0 Å². The fourth-order valence-corrected chi connectivity index (χ4v) is 1.50. The van der Waals surface area contributed by atoms with E-state index in [4.69, 9.17) is 10.00 Å². The third-order valence-corrected chi connectivity index (χ3v) is 2.85. The van der Waals surface area contributed by atoms with Gasteiger partial charge in [0.25, 0.3) is 0 Å². The van der Waals surface area contributed by atoms with E-state index in [0.717, 1.165) is 10.2 Å². The van der Waals surface area contributed by atoms with Gasteiger partial charge in [0.15, 0.2) is 0 Å². The second-order valence-corrected chi connectivity index (χ2v) is 5.03. The van der Waals surface area contributed by atoms with Crippen LogP contribution < -0.4 is 5.32 Å². The van der Waals surface area contributed by atoms with Gasteiger partial charge in [-0.2, -0.15) is 5.26 Å². The highest BCUT2D eigenvalue weighted by Gasteiger charge is 2.16. The molecule has 0 aromatic heterocycles. The second-order valence-electron chi connectivity index (χ2n) is 4.12. The highest BCUT2D eigenvalue weighted by atomic mass is 79.9. The molecule has 4 heteroatoms. The fourth-order valence-electron chi connectivity index (χ4n) is 1.14. The SMILES string of the molecule is COC(C)(C)CNc1ccc(Br)cc1C#N. The van der Waals surface area contributed by atoms with Crippen LogP contribution in [-0.2, 0) is 4.74 Å². The molecule has 1 rings (SSSR count). The minimum Gasteiger partial charge on any atom is -0.381 e. The lowest BCUT2D eigenvalue weighted by atomic mass is 10.1. The first-order valence-electron chi connectivity index (χ1n) is 4.97. The van der Waals surface area contributed by atoms with E-state index in [1.807, 2.05) is 26.0 Å². The highest BCUT2D eigenvalue weighted by molar-refractivity contribution is 9.10. The van der Waals surface area contributed by atoms with E-state index in [9.17, 15) is 0 Å². The quantitative estimate of drug-likeness (QED) is 0.923. The van der Waals surface area contributed by atoms with Crippen molar-refractivity contribution in [2.75, 3.05) is 19.0 Å². The fraction of sp³-hybridized carbons (Fsp3) is 0.417. The van der Waals surface area contributed by atoms with Gasteiger partial charge in [0.1, 0.15) is 6.07 Å². The Labute approximate surface area is 105 Å². The average Bonchev–Trinajstić information content (AvgIpc) is 2.27. The predicted molar refractivity (Wildman–Crippen MR) is 68.4 cm³/mol. The van der Waals surface area contributed by atoms with Gasteiger partial charge >= 0.3 is 0 Å². The van der Waals surface area contributed by atoms with Crippen LogP contribution in [0.3, 0.4) is 0 Å². The zero-order valence-electron chi connectivity index (χ0n) is 9.67. The Balaban J connectivity index is 2.79. The molecule has 3 nitrogen and oxygen atoms in total. The van der Waals surface area contributed by atoms with Crippen LogP contribution in [0.5, 0.6) is 0 Å². The van der Waals surface area contributed by atoms with Crippen LogP contribution in [0.2, 0.25) is 0 Å². The van der Waals surface area contributed by atoms with Gasteiger partial charge in [0.05, 0.1) is 16.9 Å². The van der Waals surface area contributed by atoms with E-state index in [2.05, 4.69) is 27.3 Å². The highest BCUT2D eigenvalue weighted by Crippen LogP contribution is 2.21. The van der Waals surface area contributed by atoms with Gasteiger partial charge in [0, 0.05) is 18.1 Å². The summed E-state index contributed by atoms with van der Waals surface area (Å²) >= 11 is 3.34. The van der Waals surface area contributed by atoms with Crippen LogP contribution in [0, 0.1) is 11.3 Å². The topological polar surface area (TPSA) is 45.0 Å². The summed E-state index contributed by atoms with van der Waals surface area (Å²) in [5, 5.41) is 12.2. The molecule has 16 heavy (non-hydrogen) atoms. The maximum atomic E-state index is 8.99. The molecule has 0 spiro atoms. The molecule has 0 aliphatic carbocycles. The van der Waals surface area contributed by atoms with Gasteiger partial charge in [-0.05, 0) is 32.0 Å². The largest absolute Gasteiger partial charge is 0.381 e. The Hall–Kier alpha value is -1.05. The average molecular weight is 283 g/mol. The first kappa shape index (κ1) is 13.0. The molecule has 0 aliphatic heterocycles. The number of anilines is 1. The van der Waals surface area contributed by atoms with E-state index >= 15 is 0 Å². The summed E-state index contributed by atoms with van der Waals surface area (Å²) in [6.45, 7) is 4.63. The van der Waals surface area contributed by atoms with Crippen molar-refractivity contribution in [3.63, 3.8) is 0 Å². The van der Waals surface area contributed by atoms with Gasteiger partial charge in [-0.25, -0.2) is 0 Å². The number of halogens is 1. The summed E-state index contributed by atoms with van der Waals surface area (Å²) in [7, 11) is 1.68. The Kier molecular flexibility index (Phi) is 4.34. The van der Waals surface area contributed by atoms with E-state index in [0.29, 0.717) is 12.1 Å². The van der Waals surface area contributed by atoms with Crippen molar-refractivity contribution in [1.82, 2.24) is 0 Å². The molecule has 0 saturated heterocycles. The molecule has 0 atom stereocenters. The first-order valence-corrected chi connectivity index (χ1v) is 5.76. The van der Waals surface area contributed by atoms with Gasteiger partial charge < -0.3 is 10.1 Å².